The first-order valence-corrected chi connectivity index (χ1v) is 9.95. The highest BCUT2D eigenvalue weighted by atomic mass is 35.5. The molecule has 9 heteroatoms. The van der Waals surface area contributed by atoms with Gasteiger partial charge in [-0.2, -0.15) is 5.10 Å². The van der Waals surface area contributed by atoms with Gasteiger partial charge in [0, 0.05) is 5.56 Å². The topological polar surface area (TPSA) is 77.0 Å². The SMILES string of the molecule is COc1cc(/C=N/NC(=O)c2ccc(Cl)c(Cl)c2)ccc1OC(=O)c1ccccc1Cl. The van der Waals surface area contributed by atoms with E-state index >= 15 is 0 Å². The molecule has 1 amide bonds. The van der Waals surface area contributed by atoms with Crippen LogP contribution in [0.4, 0.5) is 0 Å². The van der Waals surface area contributed by atoms with E-state index in [1.165, 1.54) is 31.5 Å². The van der Waals surface area contributed by atoms with Crippen LogP contribution in [-0.2, 0) is 0 Å². The maximum atomic E-state index is 12.4. The van der Waals surface area contributed by atoms with E-state index in [9.17, 15) is 9.59 Å². The lowest BCUT2D eigenvalue weighted by molar-refractivity contribution is 0.0729. The van der Waals surface area contributed by atoms with Crippen molar-refractivity contribution in [3.63, 3.8) is 0 Å². The number of esters is 1. The Morgan fingerprint density at radius 1 is 0.903 bits per heavy atom. The molecule has 0 saturated heterocycles. The van der Waals surface area contributed by atoms with Crippen LogP contribution in [0.2, 0.25) is 15.1 Å². The van der Waals surface area contributed by atoms with Crippen LogP contribution in [0, 0.1) is 0 Å². The summed E-state index contributed by atoms with van der Waals surface area (Å²) in [6, 6.07) is 15.9. The lowest BCUT2D eigenvalue weighted by Gasteiger charge is -2.10. The van der Waals surface area contributed by atoms with E-state index in [-0.39, 0.29) is 21.4 Å². The Balaban J connectivity index is 1.69. The molecule has 0 atom stereocenters. The van der Waals surface area contributed by atoms with Crippen LogP contribution in [0.1, 0.15) is 26.3 Å². The Bertz CT molecular complexity index is 1170. The molecule has 0 aliphatic carbocycles. The molecule has 3 aromatic carbocycles. The zero-order chi connectivity index (χ0) is 22.4. The summed E-state index contributed by atoms with van der Waals surface area (Å²) in [5.41, 5.74) is 3.54. The molecule has 158 valence electrons. The van der Waals surface area contributed by atoms with Gasteiger partial charge in [-0.1, -0.05) is 46.9 Å². The quantitative estimate of drug-likeness (QED) is 0.216. The molecule has 31 heavy (non-hydrogen) atoms. The monoisotopic (exact) mass is 476 g/mol. The molecule has 0 bridgehead atoms. The van der Waals surface area contributed by atoms with Crippen LogP contribution >= 0.6 is 34.8 Å². The van der Waals surface area contributed by atoms with Crippen molar-refractivity contribution in [2.24, 2.45) is 5.10 Å². The number of carbonyl (C=O) groups is 2. The number of hydrogen-bond acceptors (Lipinski definition) is 5. The van der Waals surface area contributed by atoms with E-state index in [0.29, 0.717) is 21.9 Å². The lowest BCUT2D eigenvalue weighted by Crippen LogP contribution is -2.17. The van der Waals surface area contributed by atoms with Crippen molar-refractivity contribution >= 4 is 52.9 Å². The highest BCUT2D eigenvalue weighted by molar-refractivity contribution is 6.42. The summed E-state index contributed by atoms with van der Waals surface area (Å²) in [7, 11) is 1.44. The van der Waals surface area contributed by atoms with Crippen molar-refractivity contribution in [1.29, 1.82) is 0 Å². The summed E-state index contributed by atoms with van der Waals surface area (Å²) in [4.78, 5) is 24.5. The number of rotatable bonds is 6. The van der Waals surface area contributed by atoms with Gasteiger partial charge in [-0.15, -0.1) is 0 Å². The molecule has 0 aliphatic heterocycles. The zero-order valence-corrected chi connectivity index (χ0v) is 18.3. The van der Waals surface area contributed by atoms with Crippen molar-refractivity contribution < 1.29 is 19.1 Å². The first kappa shape index (κ1) is 22.6. The predicted octanol–water partition coefficient (Wildman–Crippen LogP) is 5.64. The smallest absolute Gasteiger partial charge is 0.345 e. The maximum absolute atomic E-state index is 12.4. The minimum atomic E-state index is -0.612. The molecular weight excluding hydrogens is 463 g/mol. The number of nitrogens with zero attached hydrogens (tertiary/aromatic N) is 1. The molecule has 0 aliphatic rings. The molecule has 0 fully saturated rings. The number of nitrogens with one attached hydrogen (secondary N) is 1. The van der Waals surface area contributed by atoms with Gasteiger partial charge in [-0.25, -0.2) is 10.2 Å². The second-order valence-electron chi connectivity index (χ2n) is 6.11. The van der Waals surface area contributed by atoms with Crippen LogP contribution in [0.15, 0.2) is 65.8 Å². The fraction of sp³-hybridized carbons (Fsp3) is 0.0455. The maximum Gasteiger partial charge on any atom is 0.345 e. The average molecular weight is 478 g/mol. The number of ether oxygens (including phenoxy) is 2. The van der Waals surface area contributed by atoms with Crippen LogP contribution in [0.25, 0.3) is 0 Å². The minimum absolute atomic E-state index is 0.212. The van der Waals surface area contributed by atoms with Crippen molar-refractivity contribution in [2.45, 2.75) is 0 Å². The normalized spacial score (nSPS) is 10.7. The molecule has 0 saturated carbocycles. The summed E-state index contributed by atoms with van der Waals surface area (Å²) in [6.45, 7) is 0. The Hall–Kier alpha value is -3.06. The molecule has 0 radical (unpaired) electrons. The van der Waals surface area contributed by atoms with Gasteiger partial charge in [-0.3, -0.25) is 4.79 Å². The van der Waals surface area contributed by atoms with E-state index in [1.54, 1.807) is 42.5 Å². The number of hydrogen-bond donors (Lipinski definition) is 1. The van der Waals surface area contributed by atoms with Crippen LogP contribution in [0.3, 0.4) is 0 Å². The minimum Gasteiger partial charge on any atom is -0.493 e. The van der Waals surface area contributed by atoms with Crippen molar-refractivity contribution in [3.05, 3.63) is 92.4 Å². The summed E-state index contributed by atoms with van der Waals surface area (Å²) >= 11 is 17.8. The van der Waals surface area contributed by atoms with E-state index in [0.717, 1.165) is 0 Å². The third-order valence-corrected chi connectivity index (χ3v) is 5.11. The summed E-state index contributed by atoms with van der Waals surface area (Å²) in [5, 5.41) is 4.82. The highest BCUT2D eigenvalue weighted by Crippen LogP contribution is 2.29. The molecule has 1 N–H and O–H groups in total. The third kappa shape index (κ3) is 5.76. The van der Waals surface area contributed by atoms with E-state index < -0.39 is 11.9 Å². The molecule has 3 aromatic rings. The number of halogens is 3. The second-order valence-corrected chi connectivity index (χ2v) is 7.33. The first-order valence-electron chi connectivity index (χ1n) is 8.82. The first-order chi connectivity index (χ1) is 14.9. The van der Waals surface area contributed by atoms with Crippen LogP contribution in [0.5, 0.6) is 11.5 Å². The molecule has 0 heterocycles. The number of benzene rings is 3. The molecule has 0 aromatic heterocycles. The van der Waals surface area contributed by atoms with Crippen molar-refractivity contribution in [2.75, 3.05) is 7.11 Å². The number of hydrazone groups is 1. The third-order valence-electron chi connectivity index (χ3n) is 4.05. The van der Waals surface area contributed by atoms with Gasteiger partial charge < -0.3 is 9.47 Å². The van der Waals surface area contributed by atoms with Gasteiger partial charge in [0.25, 0.3) is 5.91 Å². The molecule has 3 rings (SSSR count). The molecule has 0 unspecified atom stereocenters. The molecule has 0 spiro atoms. The summed E-state index contributed by atoms with van der Waals surface area (Å²) in [5.74, 6) is -0.546. The predicted molar refractivity (Wildman–Crippen MR) is 121 cm³/mol. The summed E-state index contributed by atoms with van der Waals surface area (Å²) in [6.07, 6.45) is 1.41. The summed E-state index contributed by atoms with van der Waals surface area (Å²) < 4.78 is 10.7. The lowest BCUT2D eigenvalue weighted by atomic mass is 10.2. The standard InChI is InChI=1S/C22H15Cl3N2O4/c1-30-20-10-13(12-26-27-21(28)14-7-8-17(24)18(25)11-14)6-9-19(20)31-22(29)15-4-2-3-5-16(15)23/h2-12H,1H3,(H,27,28)/b26-12+. The van der Waals surface area contributed by atoms with Gasteiger partial charge in [0.2, 0.25) is 0 Å². The van der Waals surface area contributed by atoms with Gasteiger partial charge >= 0.3 is 5.97 Å². The van der Waals surface area contributed by atoms with Gasteiger partial charge in [0.1, 0.15) is 0 Å². The van der Waals surface area contributed by atoms with Crippen molar-refractivity contribution in [1.82, 2.24) is 5.43 Å². The van der Waals surface area contributed by atoms with E-state index in [1.807, 2.05) is 0 Å². The van der Waals surface area contributed by atoms with Crippen LogP contribution in [-0.4, -0.2) is 25.2 Å². The Kier molecular flexibility index (Phi) is 7.52. The van der Waals surface area contributed by atoms with Gasteiger partial charge in [-0.05, 0) is 54.1 Å². The molecular formula is C22H15Cl3N2O4. The fourth-order valence-electron chi connectivity index (χ4n) is 2.50. The number of methoxy groups -OCH3 is 1. The highest BCUT2D eigenvalue weighted by Gasteiger charge is 2.15. The van der Waals surface area contributed by atoms with Crippen molar-refractivity contribution in [3.8, 4) is 11.5 Å². The molecule has 6 nitrogen and oxygen atoms in total. The van der Waals surface area contributed by atoms with E-state index in [2.05, 4.69) is 10.5 Å². The number of carbonyl (C=O) groups excluding carboxylic acids is 2. The second kappa shape index (κ2) is 10.3. The Labute approximate surface area is 193 Å². The Morgan fingerprint density at radius 2 is 1.68 bits per heavy atom. The average Bonchev–Trinajstić information content (AvgIpc) is 2.76. The largest absolute Gasteiger partial charge is 0.493 e. The number of amides is 1. The van der Waals surface area contributed by atoms with Gasteiger partial charge in [0.05, 0.1) is 34.0 Å². The van der Waals surface area contributed by atoms with Crippen LogP contribution < -0.4 is 14.9 Å². The Morgan fingerprint density at radius 3 is 2.39 bits per heavy atom. The van der Waals surface area contributed by atoms with E-state index in [4.69, 9.17) is 44.3 Å². The fourth-order valence-corrected chi connectivity index (χ4v) is 3.01. The zero-order valence-electron chi connectivity index (χ0n) is 16.1. The van der Waals surface area contributed by atoms with Gasteiger partial charge in [0.15, 0.2) is 11.5 Å².